The van der Waals surface area contributed by atoms with Crippen molar-refractivity contribution in [2.75, 3.05) is 0 Å². The van der Waals surface area contributed by atoms with Crippen LogP contribution in [0.15, 0.2) is 6.07 Å². The fraction of sp³-hybridized carbons (Fsp3) is 0.333. The minimum absolute atomic E-state index is 0.191. The summed E-state index contributed by atoms with van der Waals surface area (Å²) in [6.45, 7) is 1.42. The lowest BCUT2D eigenvalue weighted by Gasteiger charge is -2.08. The molecule has 1 aromatic heterocycles. The van der Waals surface area contributed by atoms with Gasteiger partial charge in [-0.05, 0) is 13.0 Å². The van der Waals surface area contributed by atoms with Gasteiger partial charge in [0.15, 0.2) is 0 Å². The van der Waals surface area contributed by atoms with Gasteiger partial charge in [0.05, 0.1) is 11.3 Å². The molecule has 0 aliphatic rings. The predicted octanol–water partition coefficient (Wildman–Crippen LogP) is 0.598. The molecule has 0 aliphatic carbocycles. The Morgan fingerprint density at radius 3 is 2.33 bits per heavy atom. The molecule has 0 aliphatic heterocycles. The molecule has 0 spiro atoms. The van der Waals surface area contributed by atoms with E-state index in [0.29, 0.717) is 0 Å². The number of alkyl halides is 3. The van der Waals surface area contributed by atoms with Crippen LogP contribution < -0.4 is 5.59 Å². The molecular formula is C6H4BF3N2. The quantitative estimate of drug-likeness (QED) is 0.535. The topological polar surface area (TPSA) is 25.8 Å². The number of rotatable bonds is 0. The van der Waals surface area contributed by atoms with Gasteiger partial charge in [0, 0.05) is 5.59 Å². The van der Waals surface area contributed by atoms with Crippen LogP contribution in [0.25, 0.3) is 0 Å². The Balaban J connectivity index is 3.23. The normalized spacial score (nSPS) is 11.7. The highest BCUT2D eigenvalue weighted by molar-refractivity contribution is 6.31. The first-order chi connectivity index (χ1) is 5.41. The summed E-state index contributed by atoms with van der Waals surface area (Å²) in [7, 11) is 4.98. The van der Waals surface area contributed by atoms with Gasteiger partial charge in [-0.25, -0.2) is 0 Å². The largest absolute Gasteiger partial charge is 0.417 e. The molecule has 0 unspecified atom stereocenters. The summed E-state index contributed by atoms with van der Waals surface area (Å²) < 4.78 is 36.2. The molecule has 12 heavy (non-hydrogen) atoms. The van der Waals surface area contributed by atoms with Crippen LogP contribution in [0.4, 0.5) is 13.2 Å². The Kier molecular flexibility index (Phi) is 2.08. The lowest BCUT2D eigenvalue weighted by atomic mass is 9.97. The molecule has 0 fully saturated rings. The summed E-state index contributed by atoms with van der Waals surface area (Å²) in [5.74, 6) is 0. The molecule has 0 saturated heterocycles. The van der Waals surface area contributed by atoms with Gasteiger partial charge in [0.2, 0.25) is 0 Å². The molecule has 0 aromatic carbocycles. The molecule has 2 radical (unpaired) electrons. The standard InChI is InChI=1S/C6H4BF3N2/c1-3-2-4(6(8,9)10)5(7)12-11-3/h2H,1H3. The second-order valence-electron chi connectivity index (χ2n) is 2.28. The van der Waals surface area contributed by atoms with Crippen molar-refractivity contribution in [2.45, 2.75) is 13.1 Å². The lowest BCUT2D eigenvalue weighted by Crippen LogP contribution is -2.24. The molecule has 0 saturated carbocycles. The first kappa shape index (κ1) is 9.03. The van der Waals surface area contributed by atoms with Crippen LogP contribution >= 0.6 is 0 Å². The van der Waals surface area contributed by atoms with E-state index in [4.69, 9.17) is 7.85 Å². The average molecular weight is 172 g/mol. The molecule has 0 N–H and O–H groups in total. The fourth-order valence-electron chi connectivity index (χ4n) is 0.725. The number of hydrogen-bond acceptors (Lipinski definition) is 2. The van der Waals surface area contributed by atoms with Crippen LogP contribution in [-0.2, 0) is 6.18 Å². The maximum absolute atomic E-state index is 12.1. The third-order valence-electron chi connectivity index (χ3n) is 1.25. The number of halogens is 3. The molecule has 62 valence electrons. The van der Waals surface area contributed by atoms with E-state index in [-0.39, 0.29) is 5.69 Å². The Labute approximate surface area is 68.2 Å². The molecule has 2 nitrogen and oxygen atoms in total. The smallest absolute Gasteiger partial charge is 0.167 e. The maximum Gasteiger partial charge on any atom is 0.417 e. The minimum atomic E-state index is -4.45. The zero-order valence-corrected chi connectivity index (χ0v) is 6.18. The molecule has 0 bridgehead atoms. The van der Waals surface area contributed by atoms with Gasteiger partial charge < -0.3 is 0 Å². The van der Waals surface area contributed by atoms with E-state index in [1.807, 2.05) is 0 Å². The van der Waals surface area contributed by atoms with Crippen LogP contribution in [0.2, 0.25) is 0 Å². The summed E-state index contributed by atoms with van der Waals surface area (Å²) in [5, 5.41) is 6.53. The van der Waals surface area contributed by atoms with Gasteiger partial charge in [-0.1, -0.05) is 0 Å². The average Bonchev–Trinajstić information content (AvgIpc) is 1.92. The molecule has 1 rings (SSSR count). The van der Waals surface area contributed by atoms with Crippen molar-refractivity contribution in [3.05, 3.63) is 17.3 Å². The van der Waals surface area contributed by atoms with Gasteiger partial charge in [-0.2, -0.15) is 23.4 Å². The number of aromatic nitrogens is 2. The first-order valence-corrected chi connectivity index (χ1v) is 3.08. The van der Waals surface area contributed by atoms with Crippen LogP contribution in [0.5, 0.6) is 0 Å². The summed E-state index contributed by atoms with van der Waals surface area (Å²) in [6.07, 6.45) is -4.45. The van der Waals surface area contributed by atoms with Crippen LogP contribution in [0.3, 0.4) is 0 Å². The Morgan fingerprint density at radius 2 is 1.92 bits per heavy atom. The molecule has 0 atom stereocenters. The van der Waals surface area contributed by atoms with Crippen molar-refractivity contribution in [1.82, 2.24) is 10.2 Å². The third-order valence-corrected chi connectivity index (χ3v) is 1.25. The zero-order chi connectivity index (χ0) is 9.35. The van der Waals surface area contributed by atoms with Crippen LogP contribution in [0, 0.1) is 6.92 Å². The van der Waals surface area contributed by atoms with Crippen molar-refractivity contribution in [3.63, 3.8) is 0 Å². The predicted molar refractivity (Wildman–Crippen MR) is 37.2 cm³/mol. The minimum Gasteiger partial charge on any atom is -0.167 e. The fourth-order valence-corrected chi connectivity index (χ4v) is 0.725. The van der Waals surface area contributed by atoms with Crippen molar-refractivity contribution in [2.24, 2.45) is 0 Å². The maximum atomic E-state index is 12.1. The third kappa shape index (κ3) is 1.75. The van der Waals surface area contributed by atoms with Crippen molar-refractivity contribution in [1.29, 1.82) is 0 Å². The van der Waals surface area contributed by atoms with E-state index < -0.39 is 17.3 Å². The summed E-state index contributed by atoms with van der Waals surface area (Å²) >= 11 is 0. The van der Waals surface area contributed by atoms with Gasteiger partial charge in [0.1, 0.15) is 7.85 Å². The van der Waals surface area contributed by atoms with Crippen molar-refractivity contribution >= 4 is 13.4 Å². The molecule has 1 heterocycles. The van der Waals surface area contributed by atoms with Gasteiger partial charge in [-0.3, -0.25) is 0 Å². The van der Waals surface area contributed by atoms with Gasteiger partial charge in [-0.15, -0.1) is 0 Å². The van der Waals surface area contributed by atoms with E-state index in [2.05, 4.69) is 10.2 Å². The summed E-state index contributed by atoms with van der Waals surface area (Å²) in [5.41, 5.74) is -1.33. The summed E-state index contributed by atoms with van der Waals surface area (Å²) in [4.78, 5) is 0. The first-order valence-electron chi connectivity index (χ1n) is 3.08. The zero-order valence-electron chi connectivity index (χ0n) is 6.18. The number of aryl methyl sites for hydroxylation is 1. The molecule has 6 heteroatoms. The van der Waals surface area contributed by atoms with E-state index >= 15 is 0 Å². The molecule has 0 amide bonds. The number of nitrogens with zero attached hydrogens (tertiary/aromatic N) is 2. The van der Waals surface area contributed by atoms with E-state index in [1.54, 1.807) is 0 Å². The van der Waals surface area contributed by atoms with E-state index in [9.17, 15) is 13.2 Å². The SMILES string of the molecule is [B]c1nnc(C)cc1C(F)(F)F. The van der Waals surface area contributed by atoms with Crippen LogP contribution in [0.1, 0.15) is 11.3 Å². The highest BCUT2D eigenvalue weighted by Crippen LogP contribution is 2.26. The second kappa shape index (κ2) is 2.77. The lowest BCUT2D eigenvalue weighted by molar-refractivity contribution is -0.137. The van der Waals surface area contributed by atoms with E-state index in [0.717, 1.165) is 6.07 Å². The Hall–Kier alpha value is -1.07. The second-order valence-corrected chi connectivity index (χ2v) is 2.28. The van der Waals surface area contributed by atoms with Crippen molar-refractivity contribution < 1.29 is 13.2 Å². The Bertz CT molecular complexity index is 297. The molecule has 1 aromatic rings. The van der Waals surface area contributed by atoms with Crippen LogP contribution in [-0.4, -0.2) is 18.0 Å². The van der Waals surface area contributed by atoms with Gasteiger partial charge >= 0.3 is 6.18 Å². The van der Waals surface area contributed by atoms with Gasteiger partial charge in [0.25, 0.3) is 0 Å². The number of hydrogen-bond donors (Lipinski definition) is 0. The monoisotopic (exact) mass is 172 g/mol. The highest BCUT2D eigenvalue weighted by atomic mass is 19.4. The highest BCUT2D eigenvalue weighted by Gasteiger charge is 2.32. The molecular weight excluding hydrogens is 168 g/mol. The Morgan fingerprint density at radius 1 is 1.33 bits per heavy atom. The van der Waals surface area contributed by atoms with Crippen molar-refractivity contribution in [3.8, 4) is 0 Å². The van der Waals surface area contributed by atoms with E-state index in [1.165, 1.54) is 6.92 Å². The summed E-state index contributed by atoms with van der Waals surface area (Å²) in [6, 6.07) is 0.863.